The van der Waals surface area contributed by atoms with Crippen LogP contribution >= 0.6 is 23.2 Å². The highest BCUT2D eigenvalue weighted by Crippen LogP contribution is 2.29. The van der Waals surface area contributed by atoms with Gasteiger partial charge >= 0.3 is 5.97 Å². The first-order valence-corrected chi connectivity index (χ1v) is 4.44. The Morgan fingerprint density at radius 1 is 1.20 bits per heavy atom. The van der Waals surface area contributed by atoms with E-state index in [2.05, 4.69) is 0 Å². The fourth-order valence-corrected chi connectivity index (χ4v) is 1.64. The molecular weight excluding hydrogens is 243 g/mol. The number of hydrogen-bond acceptors (Lipinski definition) is 3. The molecule has 0 saturated heterocycles. The Morgan fingerprint density at radius 3 is 2.13 bits per heavy atom. The van der Waals surface area contributed by atoms with Crippen molar-refractivity contribution in [3.05, 3.63) is 32.8 Å². The normalized spacial score (nSPS) is 9.73. The van der Waals surface area contributed by atoms with Gasteiger partial charge in [0.25, 0.3) is 0 Å². The molecule has 0 fully saturated rings. The number of aromatic carboxylic acids is 1. The van der Waals surface area contributed by atoms with Crippen LogP contribution in [0.2, 0.25) is 10.0 Å². The smallest absolute Gasteiger partial charge is 0.336 e. The molecule has 4 nitrogen and oxygen atoms in total. The molecule has 0 amide bonds. The van der Waals surface area contributed by atoms with E-state index in [1.165, 1.54) is 0 Å². The average molecular weight is 247 g/mol. The van der Waals surface area contributed by atoms with Crippen LogP contribution in [0.4, 0.5) is 0 Å². The van der Waals surface area contributed by atoms with Gasteiger partial charge in [-0.25, -0.2) is 4.79 Å². The van der Waals surface area contributed by atoms with Gasteiger partial charge in [0, 0.05) is 5.56 Å². The van der Waals surface area contributed by atoms with Crippen LogP contribution in [0.5, 0.6) is 0 Å². The fourth-order valence-electron chi connectivity index (χ4n) is 1.05. The molecule has 15 heavy (non-hydrogen) atoms. The van der Waals surface area contributed by atoms with E-state index >= 15 is 0 Å². The number of halogens is 2. The van der Waals surface area contributed by atoms with Crippen molar-refractivity contribution in [1.82, 2.24) is 0 Å². The van der Waals surface area contributed by atoms with Gasteiger partial charge in [0.1, 0.15) is 0 Å². The first kappa shape index (κ1) is 11.7. The molecule has 0 radical (unpaired) electrons. The van der Waals surface area contributed by atoms with E-state index < -0.39 is 5.97 Å². The number of hydrogen-bond donors (Lipinski definition) is 1. The van der Waals surface area contributed by atoms with Gasteiger partial charge in [-0.2, -0.15) is 0 Å². The van der Waals surface area contributed by atoms with Crippen LogP contribution in [0.3, 0.4) is 0 Å². The monoisotopic (exact) mass is 246 g/mol. The molecule has 0 unspecified atom stereocenters. The minimum atomic E-state index is -1.33. The largest absolute Gasteiger partial charge is 0.478 e. The lowest BCUT2D eigenvalue weighted by molar-refractivity contribution is 0.0693. The molecule has 1 N–H and O–H groups in total. The van der Waals surface area contributed by atoms with Gasteiger partial charge in [-0.15, -0.1) is 0 Å². The van der Waals surface area contributed by atoms with Crippen molar-refractivity contribution >= 4 is 41.7 Å². The molecule has 0 bridgehead atoms. The Bertz CT molecular complexity index is 454. The van der Waals surface area contributed by atoms with Crippen molar-refractivity contribution in [2.24, 2.45) is 0 Å². The fraction of sp³-hybridized carbons (Fsp3) is 0. The lowest BCUT2D eigenvalue weighted by atomic mass is 10.1. The zero-order valence-corrected chi connectivity index (χ0v) is 8.67. The maximum atomic E-state index is 10.7. The average Bonchev–Trinajstić information content (AvgIpc) is 2.17. The summed E-state index contributed by atoms with van der Waals surface area (Å²) in [4.78, 5) is 31.9. The van der Waals surface area contributed by atoms with Gasteiger partial charge < -0.3 is 5.11 Å². The summed E-state index contributed by atoms with van der Waals surface area (Å²) in [5, 5.41) is 8.40. The molecule has 1 aromatic rings. The van der Waals surface area contributed by atoms with Gasteiger partial charge in [-0.3, -0.25) is 9.59 Å². The summed E-state index contributed by atoms with van der Waals surface area (Å²) >= 11 is 11.3. The molecule has 0 aliphatic rings. The van der Waals surface area contributed by atoms with Crippen molar-refractivity contribution in [3.8, 4) is 0 Å². The molecule has 78 valence electrons. The third-order valence-electron chi connectivity index (χ3n) is 1.76. The molecule has 6 heteroatoms. The van der Waals surface area contributed by atoms with Gasteiger partial charge in [0.2, 0.25) is 0 Å². The van der Waals surface area contributed by atoms with Crippen LogP contribution in [0.25, 0.3) is 0 Å². The molecule has 0 aliphatic carbocycles. The van der Waals surface area contributed by atoms with Crippen LogP contribution in [-0.2, 0) is 0 Å². The van der Waals surface area contributed by atoms with Crippen LogP contribution in [-0.4, -0.2) is 23.6 Å². The van der Waals surface area contributed by atoms with Gasteiger partial charge in [0.15, 0.2) is 12.6 Å². The first-order valence-electron chi connectivity index (χ1n) is 3.68. The topological polar surface area (TPSA) is 71.4 Å². The number of carboxylic acids is 1. The lowest BCUT2D eigenvalue weighted by Gasteiger charge is -2.06. The molecule has 1 rings (SSSR count). The quantitative estimate of drug-likeness (QED) is 0.832. The minimum absolute atomic E-state index is 0.0922. The van der Waals surface area contributed by atoms with Crippen molar-refractivity contribution in [3.63, 3.8) is 0 Å². The van der Waals surface area contributed by atoms with E-state index in [1.54, 1.807) is 0 Å². The zero-order valence-electron chi connectivity index (χ0n) is 7.16. The SMILES string of the molecule is O=Cc1c(Cl)cc(C(=O)O)c(C=O)c1Cl. The van der Waals surface area contributed by atoms with E-state index in [0.29, 0.717) is 6.29 Å². The maximum absolute atomic E-state index is 10.7. The van der Waals surface area contributed by atoms with E-state index in [0.717, 1.165) is 6.07 Å². The third-order valence-corrected chi connectivity index (χ3v) is 2.48. The Labute approximate surface area is 94.4 Å². The highest BCUT2D eigenvalue weighted by molar-refractivity contribution is 6.40. The summed E-state index contributed by atoms with van der Waals surface area (Å²) in [5.74, 6) is -1.33. The third kappa shape index (κ3) is 2.00. The second-order valence-electron chi connectivity index (χ2n) is 2.59. The maximum Gasteiger partial charge on any atom is 0.336 e. The molecule has 0 spiro atoms. The predicted molar refractivity (Wildman–Crippen MR) is 54.2 cm³/mol. The number of carbonyl (C=O) groups excluding carboxylic acids is 2. The molecule has 0 heterocycles. The molecule has 0 atom stereocenters. The van der Waals surface area contributed by atoms with Crippen molar-refractivity contribution < 1.29 is 19.5 Å². The van der Waals surface area contributed by atoms with E-state index in [4.69, 9.17) is 28.3 Å². The van der Waals surface area contributed by atoms with Gasteiger partial charge in [-0.1, -0.05) is 23.2 Å². The summed E-state index contributed by atoms with van der Waals surface area (Å²) < 4.78 is 0. The molecule has 0 aliphatic heterocycles. The number of aldehydes is 2. The highest BCUT2D eigenvalue weighted by atomic mass is 35.5. The summed E-state index contributed by atoms with van der Waals surface area (Å²) in [7, 11) is 0. The number of carboxylic acid groups (broad SMARTS) is 1. The Hall–Kier alpha value is -1.39. The minimum Gasteiger partial charge on any atom is -0.478 e. The Balaban J connectivity index is 3.65. The second-order valence-corrected chi connectivity index (χ2v) is 3.37. The van der Waals surface area contributed by atoms with Gasteiger partial charge in [0.05, 0.1) is 21.2 Å². The number of benzene rings is 1. The molecule has 0 aromatic heterocycles. The Morgan fingerprint density at radius 2 is 1.73 bits per heavy atom. The van der Waals surface area contributed by atoms with Crippen molar-refractivity contribution in [1.29, 1.82) is 0 Å². The lowest BCUT2D eigenvalue weighted by Crippen LogP contribution is -2.04. The predicted octanol–water partition coefficient (Wildman–Crippen LogP) is 2.32. The molecule has 0 saturated carbocycles. The Kier molecular flexibility index (Phi) is 3.44. The first-order chi connectivity index (χ1) is 7.02. The second kappa shape index (κ2) is 4.42. The van der Waals surface area contributed by atoms with E-state index in [1.807, 2.05) is 0 Å². The van der Waals surface area contributed by atoms with Crippen LogP contribution in [0.1, 0.15) is 31.1 Å². The molecule has 1 aromatic carbocycles. The highest BCUT2D eigenvalue weighted by Gasteiger charge is 2.18. The standard InChI is InChI=1S/C9H4Cl2O4/c10-7-1-4(9(14)15)5(2-12)8(11)6(7)3-13/h1-3H,(H,14,15). The van der Waals surface area contributed by atoms with Crippen molar-refractivity contribution in [2.45, 2.75) is 0 Å². The van der Waals surface area contributed by atoms with E-state index in [-0.39, 0.29) is 33.0 Å². The summed E-state index contributed by atoms with van der Waals surface area (Å²) in [6.45, 7) is 0. The number of carbonyl (C=O) groups is 3. The van der Waals surface area contributed by atoms with E-state index in [9.17, 15) is 14.4 Å². The van der Waals surface area contributed by atoms with Crippen LogP contribution in [0.15, 0.2) is 6.07 Å². The van der Waals surface area contributed by atoms with Crippen molar-refractivity contribution in [2.75, 3.05) is 0 Å². The van der Waals surface area contributed by atoms with Crippen LogP contribution < -0.4 is 0 Å². The zero-order chi connectivity index (χ0) is 11.6. The van der Waals surface area contributed by atoms with Gasteiger partial charge in [-0.05, 0) is 6.07 Å². The summed E-state index contributed by atoms with van der Waals surface area (Å²) in [5.41, 5.74) is -0.674. The molecular formula is C9H4Cl2O4. The summed E-state index contributed by atoms with van der Waals surface area (Å²) in [6, 6.07) is 1.02. The summed E-state index contributed by atoms with van der Waals surface area (Å²) in [6.07, 6.45) is 0.637. The van der Waals surface area contributed by atoms with Crippen LogP contribution in [0, 0.1) is 0 Å². The number of rotatable bonds is 3.